The molecule has 0 aliphatic carbocycles. The Morgan fingerprint density at radius 2 is 1.97 bits per heavy atom. The van der Waals surface area contributed by atoms with E-state index in [1.807, 2.05) is 44.2 Å². The van der Waals surface area contributed by atoms with Gasteiger partial charge in [0.25, 0.3) is 5.91 Å². The summed E-state index contributed by atoms with van der Waals surface area (Å²) in [6.45, 7) is 4.11. The molecule has 10 nitrogen and oxygen atoms in total. The minimum absolute atomic E-state index is 0.167. The summed E-state index contributed by atoms with van der Waals surface area (Å²) in [6.07, 6.45) is 3.47. The van der Waals surface area contributed by atoms with Crippen LogP contribution in [0.5, 0.6) is 0 Å². The molecule has 1 aromatic carbocycles. The number of benzene rings is 1. The summed E-state index contributed by atoms with van der Waals surface area (Å²) >= 11 is 0. The third kappa shape index (κ3) is 7.98. The molecule has 0 radical (unpaired) electrons. The number of aromatic nitrogens is 2. The topological polar surface area (TPSA) is 145 Å². The third-order valence-electron chi connectivity index (χ3n) is 6.04. The van der Waals surface area contributed by atoms with Gasteiger partial charge >= 0.3 is 0 Å². The lowest BCUT2D eigenvalue weighted by Gasteiger charge is -2.27. The minimum Gasteiger partial charge on any atom is -0.356 e. The van der Waals surface area contributed by atoms with Gasteiger partial charge in [0.1, 0.15) is 0 Å². The smallest absolute Gasteiger partial charge is 0.289 e. The van der Waals surface area contributed by atoms with Gasteiger partial charge in [0.05, 0.1) is 24.9 Å². The van der Waals surface area contributed by atoms with Crippen LogP contribution in [0.1, 0.15) is 49.9 Å². The molecule has 0 saturated carbocycles. The standard InChI is InChI=1S/C25H35N5O5/c1-16(2)21(29-25(34)35-15-17-8-4-3-5-9-17)23(32)28-20-11-7-6-10-19-18(14-27-30-19)12-13-26-24(33)22(20)31/h3-5,8-9,14,16,20-21,25,29,34H,6-7,10-13,15H2,1-2H3,(H,26,33)(H,27,30)(H,28,32). The lowest BCUT2D eigenvalue weighted by atomic mass is 9.98. The molecule has 0 spiro atoms. The summed E-state index contributed by atoms with van der Waals surface area (Å²) in [5, 5.41) is 25.5. The predicted octanol–water partition coefficient (Wildman–Crippen LogP) is 0.956. The molecule has 0 fully saturated rings. The van der Waals surface area contributed by atoms with Crippen molar-refractivity contribution in [1.82, 2.24) is 26.1 Å². The van der Waals surface area contributed by atoms with Crippen molar-refractivity contribution in [2.24, 2.45) is 5.92 Å². The Morgan fingerprint density at radius 1 is 1.20 bits per heavy atom. The number of aryl methyl sites for hydroxylation is 1. The van der Waals surface area contributed by atoms with Crippen LogP contribution in [-0.2, 0) is 38.6 Å². The second-order valence-corrected chi connectivity index (χ2v) is 9.09. The molecule has 2 amide bonds. The summed E-state index contributed by atoms with van der Waals surface area (Å²) in [7, 11) is 0. The van der Waals surface area contributed by atoms with Gasteiger partial charge in [0.2, 0.25) is 18.1 Å². The molecule has 1 aromatic heterocycles. The van der Waals surface area contributed by atoms with Gasteiger partial charge in [0.15, 0.2) is 0 Å². The fourth-order valence-corrected chi connectivity index (χ4v) is 4.03. The van der Waals surface area contributed by atoms with Crippen LogP contribution in [0, 0.1) is 5.92 Å². The van der Waals surface area contributed by atoms with Crippen molar-refractivity contribution in [2.45, 2.75) is 71.1 Å². The molecule has 2 heterocycles. The summed E-state index contributed by atoms with van der Waals surface area (Å²) < 4.78 is 5.43. The number of nitrogens with zero attached hydrogens (tertiary/aromatic N) is 1. The maximum absolute atomic E-state index is 13.1. The Morgan fingerprint density at radius 3 is 2.71 bits per heavy atom. The molecule has 3 rings (SSSR count). The number of ether oxygens (including phenoxy) is 1. The van der Waals surface area contributed by atoms with Gasteiger partial charge in [-0.2, -0.15) is 5.10 Å². The highest BCUT2D eigenvalue weighted by molar-refractivity contribution is 6.38. The first-order valence-electron chi connectivity index (χ1n) is 12.1. The number of fused-ring (bicyclic) bond motifs is 1. The average Bonchev–Trinajstić information content (AvgIpc) is 3.29. The Kier molecular flexibility index (Phi) is 9.95. The van der Waals surface area contributed by atoms with Crippen LogP contribution in [0.25, 0.3) is 0 Å². The van der Waals surface area contributed by atoms with E-state index in [9.17, 15) is 19.5 Å². The van der Waals surface area contributed by atoms with Gasteiger partial charge in [-0.05, 0) is 42.7 Å². The third-order valence-corrected chi connectivity index (χ3v) is 6.04. The molecular formula is C25H35N5O5. The number of hydrogen-bond donors (Lipinski definition) is 5. The number of aliphatic hydroxyl groups excluding tert-OH is 1. The Balaban J connectivity index is 1.60. The zero-order valence-electron chi connectivity index (χ0n) is 20.3. The van der Waals surface area contributed by atoms with Crippen molar-refractivity contribution >= 4 is 17.6 Å². The van der Waals surface area contributed by atoms with E-state index in [4.69, 9.17) is 4.74 Å². The molecular weight excluding hydrogens is 450 g/mol. The maximum Gasteiger partial charge on any atom is 0.289 e. The highest BCUT2D eigenvalue weighted by Gasteiger charge is 2.31. The summed E-state index contributed by atoms with van der Waals surface area (Å²) in [4.78, 5) is 38.4. The van der Waals surface area contributed by atoms with Crippen LogP contribution < -0.4 is 16.0 Å². The van der Waals surface area contributed by atoms with Crippen LogP contribution in [-0.4, -0.2) is 57.9 Å². The van der Waals surface area contributed by atoms with Gasteiger partial charge in [-0.3, -0.25) is 24.8 Å². The SMILES string of the molecule is CC(C)C(NC(O)OCc1ccccc1)C(=O)NC1CCCCc2[nH]ncc2CCNC(=O)C1=O. The van der Waals surface area contributed by atoms with Crippen molar-refractivity contribution in [3.63, 3.8) is 0 Å². The van der Waals surface area contributed by atoms with E-state index in [-0.39, 0.29) is 12.5 Å². The van der Waals surface area contributed by atoms with Crippen LogP contribution in [0.2, 0.25) is 0 Å². The molecule has 190 valence electrons. The van der Waals surface area contributed by atoms with Gasteiger partial charge in [-0.1, -0.05) is 50.6 Å². The largest absolute Gasteiger partial charge is 0.356 e. The molecule has 3 atom stereocenters. The Labute approximate surface area is 205 Å². The fraction of sp³-hybridized carbons (Fsp3) is 0.520. The molecule has 10 heteroatoms. The molecule has 2 aromatic rings. The zero-order chi connectivity index (χ0) is 25.2. The normalized spacial score (nSPS) is 19.1. The van der Waals surface area contributed by atoms with Crippen LogP contribution >= 0.6 is 0 Å². The van der Waals surface area contributed by atoms with E-state index in [1.54, 1.807) is 6.20 Å². The maximum atomic E-state index is 13.1. The number of aliphatic hydroxyl groups is 1. The zero-order valence-corrected chi connectivity index (χ0v) is 20.3. The minimum atomic E-state index is -1.38. The number of hydrogen-bond acceptors (Lipinski definition) is 7. The fourth-order valence-electron chi connectivity index (χ4n) is 4.03. The van der Waals surface area contributed by atoms with Crippen molar-refractivity contribution in [1.29, 1.82) is 0 Å². The molecule has 3 unspecified atom stereocenters. The molecule has 1 aliphatic rings. The summed E-state index contributed by atoms with van der Waals surface area (Å²) in [6, 6.07) is 7.58. The second kappa shape index (κ2) is 13.1. The number of rotatable bonds is 8. The monoisotopic (exact) mass is 485 g/mol. The molecule has 1 aliphatic heterocycles. The summed E-state index contributed by atoms with van der Waals surface area (Å²) in [5.41, 5.74) is 2.94. The van der Waals surface area contributed by atoms with Crippen LogP contribution in [0.4, 0.5) is 0 Å². The molecule has 0 saturated heterocycles. The lowest BCUT2D eigenvalue weighted by molar-refractivity contribution is -0.148. The number of amides is 2. The van der Waals surface area contributed by atoms with E-state index in [1.165, 1.54) is 0 Å². The van der Waals surface area contributed by atoms with E-state index < -0.39 is 36.1 Å². The van der Waals surface area contributed by atoms with Crippen molar-refractivity contribution < 1.29 is 24.2 Å². The number of ketones is 1. The molecule has 0 bridgehead atoms. The first-order chi connectivity index (χ1) is 16.8. The number of Topliss-reactive ketones (excluding diaryl/α,β-unsaturated/α-hetero) is 1. The Hall–Kier alpha value is -3.08. The van der Waals surface area contributed by atoms with E-state index in [0.29, 0.717) is 25.8 Å². The summed E-state index contributed by atoms with van der Waals surface area (Å²) in [5.74, 6) is -2.08. The first-order valence-corrected chi connectivity index (χ1v) is 12.1. The van der Waals surface area contributed by atoms with Crippen molar-refractivity contribution in [2.75, 3.05) is 6.54 Å². The average molecular weight is 486 g/mol. The van der Waals surface area contributed by atoms with Crippen molar-refractivity contribution in [3.8, 4) is 0 Å². The molecule has 5 N–H and O–H groups in total. The number of H-pyrrole nitrogens is 1. The quantitative estimate of drug-likeness (QED) is 0.276. The Bertz CT molecular complexity index is 978. The number of aromatic amines is 1. The van der Waals surface area contributed by atoms with Gasteiger partial charge < -0.3 is 20.5 Å². The van der Waals surface area contributed by atoms with E-state index in [0.717, 1.165) is 29.7 Å². The van der Waals surface area contributed by atoms with Gasteiger partial charge in [0, 0.05) is 12.2 Å². The second-order valence-electron chi connectivity index (χ2n) is 9.09. The van der Waals surface area contributed by atoms with E-state index >= 15 is 0 Å². The van der Waals surface area contributed by atoms with Crippen molar-refractivity contribution in [3.05, 3.63) is 53.3 Å². The van der Waals surface area contributed by atoms with Crippen LogP contribution in [0.15, 0.2) is 36.5 Å². The lowest BCUT2D eigenvalue weighted by Crippen LogP contribution is -2.56. The highest BCUT2D eigenvalue weighted by Crippen LogP contribution is 2.13. The predicted molar refractivity (Wildman–Crippen MR) is 129 cm³/mol. The number of carbonyl (C=O) groups is 3. The van der Waals surface area contributed by atoms with Gasteiger partial charge in [-0.25, -0.2) is 0 Å². The number of nitrogens with one attached hydrogen (secondary N) is 4. The molecule has 35 heavy (non-hydrogen) atoms. The van der Waals surface area contributed by atoms with Crippen LogP contribution in [0.3, 0.4) is 0 Å². The first kappa shape index (κ1) is 26.5. The number of carbonyl (C=O) groups excluding carboxylic acids is 3. The van der Waals surface area contributed by atoms with E-state index in [2.05, 4.69) is 26.1 Å². The highest BCUT2D eigenvalue weighted by atomic mass is 16.6. The van der Waals surface area contributed by atoms with Gasteiger partial charge in [-0.15, -0.1) is 0 Å².